The van der Waals surface area contributed by atoms with Crippen LogP contribution in [0, 0.1) is 13.8 Å². The Kier molecular flexibility index (Phi) is 6.80. The van der Waals surface area contributed by atoms with Crippen LogP contribution in [0.3, 0.4) is 0 Å². The van der Waals surface area contributed by atoms with Gasteiger partial charge in [0, 0.05) is 12.1 Å². The molecule has 1 nitrogen and oxygen atoms in total. The molecule has 0 fully saturated rings. The van der Waals surface area contributed by atoms with Crippen molar-refractivity contribution in [2.24, 2.45) is 0 Å². The summed E-state index contributed by atoms with van der Waals surface area (Å²) in [5.41, 5.74) is 4.17. The molecule has 0 radical (unpaired) electrons. The van der Waals surface area contributed by atoms with Gasteiger partial charge in [0.15, 0.2) is 0 Å². The van der Waals surface area contributed by atoms with Gasteiger partial charge in [0.05, 0.1) is 0 Å². The predicted molar refractivity (Wildman–Crippen MR) is 84.5 cm³/mol. The smallest absolute Gasteiger partial charge is 0.0296 e. The standard InChI is InChI=1S/C16H27NS/c1-6-18-10-9-14(4)17-15(5)16-11-12(2)7-8-13(16)3/h7-8,11,14-15,17H,6,9-10H2,1-5H3. The summed E-state index contributed by atoms with van der Waals surface area (Å²) in [6, 6.07) is 7.74. The average molecular weight is 265 g/mol. The highest BCUT2D eigenvalue weighted by Gasteiger charge is 2.11. The van der Waals surface area contributed by atoms with Crippen LogP contribution in [0.4, 0.5) is 0 Å². The fourth-order valence-electron chi connectivity index (χ4n) is 2.23. The highest BCUT2D eigenvalue weighted by molar-refractivity contribution is 7.99. The Balaban J connectivity index is 2.53. The van der Waals surface area contributed by atoms with Gasteiger partial charge in [-0.2, -0.15) is 11.8 Å². The molecule has 18 heavy (non-hydrogen) atoms. The monoisotopic (exact) mass is 265 g/mol. The van der Waals surface area contributed by atoms with E-state index in [0.717, 1.165) is 0 Å². The fourth-order valence-corrected chi connectivity index (χ4v) is 3.04. The molecule has 0 saturated heterocycles. The lowest BCUT2D eigenvalue weighted by Crippen LogP contribution is -2.29. The zero-order chi connectivity index (χ0) is 13.5. The minimum Gasteiger partial charge on any atom is -0.308 e. The van der Waals surface area contributed by atoms with Crippen LogP contribution in [0.1, 0.15) is 49.9 Å². The lowest BCUT2D eigenvalue weighted by molar-refractivity contribution is 0.470. The molecule has 1 rings (SSSR count). The molecule has 0 bridgehead atoms. The lowest BCUT2D eigenvalue weighted by Gasteiger charge is -2.22. The zero-order valence-electron chi connectivity index (χ0n) is 12.4. The van der Waals surface area contributed by atoms with Crippen molar-refractivity contribution in [3.8, 4) is 0 Å². The number of hydrogen-bond donors (Lipinski definition) is 1. The van der Waals surface area contributed by atoms with Crippen molar-refractivity contribution < 1.29 is 0 Å². The second-order valence-corrected chi connectivity index (χ2v) is 6.53. The van der Waals surface area contributed by atoms with Crippen molar-refractivity contribution in [2.75, 3.05) is 11.5 Å². The van der Waals surface area contributed by atoms with Gasteiger partial charge < -0.3 is 5.32 Å². The van der Waals surface area contributed by atoms with Gasteiger partial charge >= 0.3 is 0 Å². The normalized spacial score (nSPS) is 14.5. The molecule has 0 aromatic heterocycles. The van der Waals surface area contributed by atoms with Crippen molar-refractivity contribution in [3.63, 3.8) is 0 Å². The molecule has 2 heteroatoms. The molecule has 1 aromatic rings. The molecule has 1 aromatic carbocycles. The molecule has 2 atom stereocenters. The van der Waals surface area contributed by atoms with E-state index in [0.29, 0.717) is 12.1 Å². The van der Waals surface area contributed by atoms with Gasteiger partial charge in [-0.05, 0) is 56.7 Å². The molecule has 0 spiro atoms. The van der Waals surface area contributed by atoms with Crippen LogP contribution >= 0.6 is 11.8 Å². The van der Waals surface area contributed by atoms with Gasteiger partial charge in [-0.15, -0.1) is 0 Å². The predicted octanol–water partition coefficient (Wildman–Crippen LogP) is 4.49. The lowest BCUT2D eigenvalue weighted by atomic mass is 9.99. The number of thioether (sulfide) groups is 1. The second kappa shape index (κ2) is 7.85. The fraction of sp³-hybridized carbons (Fsp3) is 0.625. The third-order valence-corrected chi connectivity index (χ3v) is 4.27. The Morgan fingerprint density at radius 2 is 1.94 bits per heavy atom. The number of hydrogen-bond acceptors (Lipinski definition) is 2. The highest BCUT2D eigenvalue weighted by Crippen LogP contribution is 2.20. The SMILES string of the molecule is CCSCCC(C)NC(C)c1cc(C)ccc1C. The molecule has 0 aliphatic carbocycles. The topological polar surface area (TPSA) is 12.0 Å². The van der Waals surface area contributed by atoms with Crippen LogP contribution in [0.2, 0.25) is 0 Å². The van der Waals surface area contributed by atoms with Crippen molar-refractivity contribution in [1.29, 1.82) is 0 Å². The number of aryl methyl sites for hydroxylation is 2. The quantitative estimate of drug-likeness (QED) is 0.729. The van der Waals surface area contributed by atoms with Crippen LogP contribution in [0.25, 0.3) is 0 Å². The van der Waals surface area contributed by atoms with E-state index in [1.54, 1.807) is 0 Å². The Morgan fingerprint density at radius 1 is 1.22 bits per heavy atom. The molecular weight excluding hydrogens is 238 g/mol. The molecule has 102 valence electrons. The van der Waals surface area contributed by atoms with E-state index in [2.05, 4.69) is 58.1 Å². The van der Waals surface area contributed by atoms with Crippen LogP contribution in [0.5, 0.6) is 0 Å². The van der Waals surface area contributed by atoms with Gasteiger partial charge in [-0.1, -0.05) is 30.7 Å². The van der Waals surface area contributed by atoms with Crippen LogP contribution < -0.4 is 5.32 Å². The van der Waals surface area contributed by atoms with E-state index in [1.807, 2.05) is 11.8 Å². The van der Waals surface area contributed by atoms with E-state index in [-0.39, 0.29) is 0 Å². The maximum absolute atomic E-state index is 3.71. The summed E-state index contributed by atoms with van der Waals surface area (Å²) < 4.78 is 0. The van der Waals surface area contributed by atoms with Crippen LogP contribution in [-0.4, -0.2) is 17.5 Å². The maximum atomic E-state index is 3.71. The summed E-state index contributed by atoms with van der Waals surface area (Å²) in [6.45, 7) is 11.1. The van der Waals surface area contributed by atoms with Gasteiger partial charge in [0.25, 0.3) is 0 Å². The first-order chi connectivity index (χ1) is 8.54. The average Bonchev–Trinajstić information content (AvgIpc) is 2.32. The molecule has 0 aliphatic rings. The van der Waals surface area contributed by atoms with Gasteiger partial charge in [0.1, 0.15) is 0 Å². The molecular formula is C16H27NS. The largest absolute Gasteiger partial charge is 0.308 e. The molecule has 2 unspecified atom stereocenters. The Labute approximate surface area is 117 Å². The van der Waals surface area contributed by atoms with Crippen molar-refractivity contribution in [3.05, 3.63) is 34.9 Å². The zero-order valence-corrected chi connectivity index (χ0v) is 13.2. The van der Waals surface area contributed by atoms with E-state index in [9.17, 15) is 0 Å². The van der Waals surface area contributed by atoms with Crippen molar-refractivity contribution in [2.45, 2.75) is 53.1 Å². The van der Waals surface area contributed by atoms with Crippen molar-refractivity contribution in [1.82, 2.24) is 5.32 Å². The van der Waals surface area contributed by atoms with E-state index < -0.39 is 0 Å². The highest BCUT2D eigenvalue weighted by atomic mass is 32.2. The Morgan fingerprint density at radius 3 is 2.61 bits per heavy atom. The van der Waals surface area contributed by atoms with E-state index in [4.69, 9.17) is 0 Å². The minimum atomic E-state index is 0.437. The van der Waals surface area contributed by atoms with Crippen molar-refractivity contribution >= 4 is 11.8 Å². The molecule has 0 heterocycles. The van der Waals surface area contributed by atoms with Gasteiger partial charge in [0.2, 0.25) is 0 Å². The number of rotatable bonds is 7. The Bertz CT molecular complexity index is 362. The van der Waals surface area contributed by atoms with Gasteiger partial charge in [-0.25, -0.2) is 0 Å². The first-order valence-electron chi connectivity index (χ1n) is 6.95. The Hall–Kier alpha value is -0.470. The summed E-state index contributed by atoms with van der Waals surface area (Å²) in [7, 11) is 0. The maximum Gasteiger partial charge on any atom is 0.0296 e. The van der Waals surface area contributed by atoms with Crippen LogP contribution in [-0.2, 0) is 0 Å². The number of benzene rings is 1. The summed E-state index contributed by atoms with van der Waals surface area (Å²) in [5, 5.41) is 3.71. The third kappa shape index (κ3) is 5.03. The summed E-state index contributed by atoms with van der Waals surface area (Å²) >= 11 is 2.02. The first kappa shape index (κ1) is 15.6. The number of nitrogens with one attached hydrogen (secondary N) is 1. The summed E-state index contributed by atoms with van der Waals surface area (Å²) in [4.78, 5) is 0. The summed E-state index contributed by atoms with van der Waals surface area (Å²) in [6.07, 6.45) is 1.24. The minimum absolute atomic E-state index is 0.437. The molecule has 0 saturated carbocycles. The third-order valence-electron chi connectivity index (χ3n) is 3.34. The first-order valence-corrected chi connectivity index (χ1v) is 8.11. The summed E-state index contributed by atoms with van der Waals surface area (Å²) in [5.74, 6) is 2.48. The molecule has 0 amide bonds. The van der Waals surface area contributed by atoms with E-state index >= 15 is 0 Å². The second-order valence-electron chi connectivity index (χ2n) is 5.14. The van der Waals surface area contributed by atoms with E-state index in [1.165, 1.54) is 34.6 Å². The molecule has 1 N–H and O–H groups in total. The molecule has 0 aliphatic heterocycles. The van der Waals surface area contributed by atoms with Gasteiger partial charge in [-0.3, -0.25) is 0 Å². The van der Waals surface area contributed by atoms with Crippen LogP contribution in [0.15, 0.2) is 18.2 Å².